The van der Waals surface area contributed by atoms with Crippen LogP contribution in [-0.2, 0) is 14.3 Å². The summed E-state index contributed by atoms with van der Waals surface area (Å²) < 4.78 is 5.75. The minimum Gasteiger partial charge on any atom is -0.373 e. The largest absolute Gasteiger partial charge is 0.373 e. The number of carbonyl (C=O) groups excluding carboxylic acids is 2. The van der Waals surface area contributed by atoms with E-state index in [1.54, 1.807) is 12.3 Å². The third kappa shape index (κ3) is 5.24. The first-order valence-electron chi connectivity index (χ1n) is 8.59. The lowest BCUT2D eigenvalue weighted by Crippen LogP contribution is -2.59. The van der Waals surface area contributed by atoms with Crippen molar-refractivity contribution in [2.45, 2.75) is 52.4 Å². The Bertz CT molecular complexity index is 623. The molecule has 1 aliphatic heterocycles. The van der Waals surface area contributed by atoms with Crippen molar-refractivity contribution in [3.05, 3.63) is 24.0 Å². The van der Waals surface area contributed by atoms with Gasteiger partial charge >= 0.3 is 11.8 Å². The second kappa shape index (κ2) is 7.93. The number of hydrogen-bond acceptors (Lipinski definition) is 5. The van der Waals surface area contributed by atoms with Gasteiger partial charge in [0.1, 0.15) is 0 Å². The lowest BCUT2D eigenvalue weighted by molar-refractivity contribution is -0.137. The van der Waals surface area contributed by atoms with Crippen molar-refractivity contribution in [1.29, 1.82) is 0 Å². The molecule has 0 aliphatic carbocycles. The lowest BCUT2D eigenvalue weighted by atomic mass is 10.00. The number of carbonyl (C=O) groups is 2. The summed E-state index contributed by atoms with van der Waals surface area (Å²) in [5, 5.41) is 5.33. The number of anilines is 1. The normalized spacial score (nSPS) is 21.6. The van der Waals surface area contributed by atoms with Crippen LogP contribution in [0.4, 0.5) is 5.69 Å². The minimum atomic E-state index is -0.685. The van der Waals surface area contributed by atoms with Crippen LogP contribution in [0.15, 0.2) is 18.5 Å². The maximum atomic E-state index is 12.1. The Morgan fingerprint density at radius 2 is 1.92 bits per heavy atom. The van der Waals surface area contributed by atoms with Gasteiger partial charge in [0.15, 0.2) is 0 Å². The van der Waals surface area contributed by atoms with Gasteiger partial charge in [-0.05, 0) is 46.2 Å². The summed E-state index contributed by atoms with van der Waals surface area (Å²) in [6.45, 7) is 12.0. The molecule has 2 rings (SSSR count). The van der Waals surface area contributed by atoms with Crippen molar-refractivity contribution in [1.82, 2.24) is 15.2 Å². The van der Waals surface area contributed by atoms with Crippen molar-refractivity contribution >= 4 is 17.5 Å². The molecule has 0 bridgehead atoms. The Hall–Kier alpha value is -1.99. The summed E-state index contributed by atoms with van der Waals surface area (Å²) in [6.07, 6.45) is 3.46. The number of amides is 2. The van der Waals surface area contributed by atoms with Gasteiger partial charge in [-0.3, -0.25) is 19.5 Å². The van der Waals surface area contributed by atoms with Gasteiger partial charge < -0.3 is 15.4 Å². The summed E-state index contributed by atoms with van der Waals surface area (Å²) >= 11 is 0. The lowest BCUT2D eigenvalue weighted by Gasteiger charge is -2.45. The standard InChI is InChI=1S/C18H28N4O3/c1-12-6-7-19-8-15(12)21-17(24)16(23)20-11-18(4,5)22-9-13(2)25-14(3)10-22/h6-8,13-14H,9-11H2,1-5H3,(H,20,23)(H,21,24)/t13-,14-/m0/s1. The topological polar surface area (TPSA) is 83.6 Å². The highest BCUT2D eigenvalue weighted by atomic mass is 16.5. The van der Waals surface area contributed by atoms with Crippen molar-refractivity contribution in [2.75, 3.05) is 25.0 Å². The Balaban J connectivity index is 1.89. The van der Waals surface area contributed by atoms with Gasteiger partial charge in [-0.15, -0.1) is 0 Å². The zero-order valence-corrected chi connectivity index (χ0v) is 15.6. The first-order chi connectivity index (χ1) is 11.7. The number of ether oxygens (including phenoxy) is 1. The van der Waals surface area contributed by atoms with Gasteiger partial charge in [0.2, 0.25) is 0 Å². The van der Waals surface area contributed by atoms with Gasteiger partial charge in [-0.2, -0.15) is 0 Å². The first-order valence-corrected chi connectivity index (χ1v) is 8.59. The third-order valence-electron chi connectivity index (χ3n) is 4.45. The molecule has 1 aromatic heterocycles. The maximum Gasteiger partial charge on any atom is 0.313 e. The molecule has 0 spiro atoms. The number of hydrogen-bond donors (Lipinski definition) is 2. The van der Waals surface area contributed by atoms with E-state index in [-0.39, 0.29) is 17.7 Å². The number of pyridine rings is 1. The van der Waals surface area contributed by atoms with E-state index in [4.69, 9.17) is 4.74 Å². The SMILES string of the molecule is Cc1ccncc1NC(=O)C(=O)NCC(C)(C)N1C[C@H](C)O[C@@H](C)C1. The molecule has 2 heterocycles. The van der Waals surface area contributed by atoms with Crippen LogP contribution in [0.1, 0.15) is 33.3 Å². The fourth-order valence-electron chi connectivity index (χ4n) is 2.93. The number of morpholine rings is 1. The zero-order chi connectivity index (χ0) is 18.6. The molecule has 0 unspecified atom stereocenters. The van der Waals surface area contributed by atoms with Crippen LogP contribution in [0.3, 0.4) is 0 Å². The van der Waals surface area contributed by atoms with E-state index in [1.807, 2.05) is 20.8 Å². The van der Waals surface area contributed by atoms with Gasteiger partial charge in [-0.1, -0.05) is 0 Å². The molecule has 2 N–H and O–H groups in total. The van der Waals surface area contributed by atoms with Crippen LogP contribution in [0, 0.1) is 6.92 Å². The Morgan fingerprint density at radius 3 is 2.52 bits per heavy atom. The summed E-state index contributed by atoms with van der Waals surface area (Å²) in [5.41, 5.74) is 1.12. The molecule has 1 aromatic rings. The van der Waals surface area contributed by atoms with Crippen molar-refractivity contribution < 1.29 is 14.3 Å². The highest BCUT2D eigenvalue weighted by Gasteiger charge is 2.33. The molecule has 2 atom stereocenters. The highest BCUT2D eigenvalue weighted by molar-refractivity contribution is 6.39. The van der Waals surface area contributed by atoms with E-state index < -0.39 is 11.8 Å². The van der Waals surface area contributed by atoms with Crippen molar-refractivity contribution in [3.8, 4) is 0 Å². The molecular formula is C18H28N4O3. The van der Waals surface area contributed by atoms with Crippen LogP contribution in [0.5, 0.6) is 0 Å². The molecule has 138 valence electrons. The third-order valence-corrected chi connectivity index (χ3v) is 4.45. The molecule has 1 fully saturated rings. The molecule has 25 heavy (non-hydrogen) atoms. The maximum absolute atomic E-state index is 12.1. The molecule has 1 saturated heterocycles. The Kier molecular flexibility index (Phi) is 6.13. The van der Waals surface area contributed by atoms with Crippen LogP contribution >= 0.6 is 0 Å². The van der Waals surface area contributed by atoms with Crippen molar-refractivity contribution in [2.24, 2.45) is 0 Å². The van der Waals surface area contributed by atoms with E-state index in [0.29, 0.717) is 12.2 Å². The molecule has 2 amide bonds. The van der Waals surface area contributed by atoms with Crippen LogP contribution in [0.2, 0.25) is 0 Å². The Morgan fingerprint density at radius 1 is 1.28 bits per heavy atom. The van der Waals surface area contributed by atoms with E-state index in [0.717, 1.165) is 18.7 Å². The molecule has 7 heteroatoms. The second-order valence-electron chi connectivity index (χ2n) is 7.30. The number of rotatable bonds is 4. The van der Waals surface area contributed by atoms with Gasteiger partial charge in [0.25, 0.3) is 0 Å². The zero-order valence-electron chi connectivity index (χ0n) is 15.6. The summed E-state index contributed by atoms with van der Waals surface area (Å²) in [4.78, 5) is 30.4. The number of nitrogens with one attached hydrogen (secondary N) is 2. The monoisotopic (exact) mass is 348 g/mol. The summed E-state index contributed by atoms with van der Waals surface area (Å²) in [5.74, 6) is -1.33. The minimum absolute atomic E-state index is 0.149. The van der Waals surface area contributed by atoms with E-state index in [1.165, 1.54) is 6.20 Å². The average Bonchev–Trinajstić information content (AvgIpc) is 2.54. The highest BCUT2D eigenvalue weighted by Crippen LogP contribution is 2.20. The summed E-state index contributed by atoms with van der Waals surface area (Å²) in [7, 11) is 0. The molecule has 0 radical (unpaired) electrons. The number of nitrogens with zero attached hydrogens (tertiary/aromatic N) is 2. The number of aromatic nitrogens is 1. The van der Waals surface area contributed by atoms with E-state index in [2.05, 4.69) is 34.4 Å². The van der Waals surface area contributed by atoms with Gasteiger partial charge in [-0.25, -0.2) is 0 Å². The van der Waals surface area contributed by atoms with Crippen LogP contribution in [-0.4, -0.2) is 59.1 Å². The predicted octanol–water partition coefficient (Wildman–Crippen LogP) is 1.33. The second-order valence-corrected chi connectivity index (χ2v) is 7.30. The number of aryl methyl sites for hydroxylation is 1. The quantitative estimate of drug-likeness (QED) is 0.802. The fourth-order valence-corrected chi connectivity index (χ4v) is 2.93. The summed E-state index contributed by atoms with van der Waals surface area (Å²) in [6, 6.07) is 1.78. The van der Waals surface area contributed by atoms with E-state index >= 15 is 0 Å². The first kappa shape index (κ1) is 19.3. The van der Waals surface area contributed by atoms with Crippen LogP contribution < -0.4 is 10.6 Å². The van der Waals surface area contributed by atoms with Gasteiger partial charge in [0, 0.05) is 31.4 Å². The predicted molar refractivity (Wildman–Crippen MR) is 96.3 cm³/mol. The van der Waals surface area contributed by atoms with Crippen molar-refractivity contribution in [3.63, 3.8) is 0 Å². The van der Waals surface area contributed by atoms with E-state index in [9.17, 15) is 9.59 Å². The molecule has 1 aliphatic rings. The van der Waals surface area contributed by atoms with Gasteiger partial charge in [0.05, 0.1) is 24.1 Å². The molecule has 7 nitrogen and oxygen atoms in total. The molecular weight excluding hydrogens is 320 g/mol. The Labute approximate surface area is 149 Å². The van der Waals surface area contributed by atoms with Crippen LogP contribution in [0.25, 0.3) is 0 Å². The smallest absolute Gasteiger partial charge is 0.313 e. The average molecular weight is 348 g/mol. The fraction of sp³-hybridized carbons (Fsp3) is 0.611. The molecule has 0 aromatic carbocycles. The molecule has 0 saturated carbocycles.